The molecule has 3 aromatic heterocycles. The Bertz CT molecular complexity index is 1900. The van der Waals surface area contributed by atoms with Crippen LogP contribution in [0, 0.1) is 11.7 Å². The van der Waals surface area contributed by atoms with Crippen molar-refractivity contribution in [1.29, 1.82) is 0 Å². The number of thiophene rings is 1. The minimum absolute atomic E-state index is 0.0932. The molecule has 2 aliphatic heterocycles. The normalized spacial score (nSPS) is 19.7. The van der Waals surface area contributed by atoms with E-state index in [0.29, 0.717) is 45.8 Å². The first-order valence-electron chi connectivity index (χ1n) is 15.6. The number of H-pyrrole nitrogens is 1. The highest BCUT2D eigenvalue weighted by molar-refractivity contribution is 7.12. The molecule has 8 rings (SSSR count). The molecule has 1 saturated heterocycles. The summed E-state index contributed by atoms with van der Waals surface area (Å²) >= 11 is 8.16. The molecule has 1 amide bonds. The molecular weight excluding hydrogens is 595 g/mol. The Morgan fingerprint density at radius 3 is 2.75 bits per heavy atom. The fourth-order valence-electron chi connectivity index (χ4n) is 6.97. The van der Waals surface area contributed by atoms with E-state index < -0.39 is 6.23 Å². The number of imidazole rings is 1. The molecule has 1 unspecified atom stereocenters. The van der Waals surface area contributed by atoms with Crippen LogP contribution < -0.4 is 4.74 Å². The third kappa shape index (κ3) is 4.65. The molecule has 0 spiro atoms. The number of halogens is 2. The number of nitrogens with zero attached hydrogens (tertiary/aromatic N) is 3. The molecule has 2 aromatic carbocycles. The number of carbonyl (C=O) groups is 1. The van der Waals surface area contributed by atoms with Gasteiger partial charge in [-0.3, -0.25) is 9.36 Å². The summed E-state index contributed by atoms with van der Waals surface area (Å²) in [5.74, 6) is 1.96. The summed E-state index contributed by atoms with van der Waals surface area (Å²) in [5.41, 5.74) is 3.52. The summed E-state index contributed by atoms with van der Waals surface area (Å²) < 4.78 is 25.0. The summed E-state index contributed by atoms with van der Waals surface area (Å²) in [6.45, 7) is 4.86. The van der Waals surface area contributed by atoms with Gasteiger partial charge >= 0.3 is 0 Å². The Hall–Kier alpha value is -3.62. The number of aromatic nitrogens is 3. The summed E-state index contributed by atoms with van der Waals surface area (Å²) in [6, 6.07) is 15.5. The fraction of sp³-hybridized carbons (Fsp3) is 0.371. The lowest BCUT2D eigenvalue weighted by atomic mass is 9.84. The standard InChI is InChI=1S/C35H34ClFN4O2S/c1-19(2)13-32(42)40-12-4-7-27(40)34-38-18-25(39-34)21-15-24(37)33-28-16-22-14-23(36)8-9-26(22)41(28)35(43-29(33)17-21)31-11-10-30(44-31)20-5-3-6-20/h8-11,14-20,27,35H,3-7,12-13H2,1-2H3,(H,38,39)/t27-,35?/m0/s1. The SMILES string of the molecule is CC(C)CC(=O)N1CCC[C@H]1c1ncc(-c2cc(F)c3c(c2)OC(c2ccc(C4CCC4)s2)n2c-3cc3cc(Cl)ccc32)[nH]1. The van der Waals surface area contributed by atoms with E-state index in [9.17, 15) is 4.79 Å². The van der Waals surface area contributed by atoms with Crippen LogP contribution in [0.25, 0.3) is 33.4 Å². The number of aromatic amines is 1. The van der Waals surface area contributed by atoms with E-state index in [4.69, 9.17) is 16.3 Å². The lowest BCUT2D eigenvalue weighted by molar-refractivity contribution is -0.133. The van der Waals surface area contributed by atoms with E-state index in [1.165, 1.54) is 24.1 Å². The molecule has 0 radical (unpaired) electrons. The number of rotatable bonds is 6. The average molecular weight is 629 g/mol. The van der Waals surface area contributed by atoms with Gasteiger partial charge in [0.2, 0.25) is 12.1 Å². The third-order valence-corrected chi connectivity index (χ3v) is 10.9. The zero-order valence-electron chi connectivity index (χ0n) is 24.8. The summed E-state index contributed by atoms with van der Waals surface area (Å²) in [7, 11) is 0. The molecule has 44 heavy (non-hydrogen) atoms. The molecule has 1 aliphatic carbocycles. The van der Waals surface area contributed by atoms with E-state index in [2.05, 4.69) is 40.5 Å². The largest absolute Gasteiger partial charge is 0.464 e. The molecule has 5 aromatic rings. The number of likely N-dealkylation sites (tertiary alicyclic amines) is 1. The highest BCUT2D eigenvalue weighted by Crippen LogP contribution is 2.49. The van der Waals surface area contributed by atoms with Crippen molar-refractivity contribution in [1.82, 2.24) is 19.4 Å². The van der Waals surface area contributed by atoms with E-state index in [1.807, 2.05) is 35.2 Å². The maximum atomic E-state index is 16.2. The topological polar surface area (TPSA) is 63.2 Å². The van der Waals surface area contributed by atoms with E-state index >= 15 is 4.39 Å². The van der Waals surface area contributed by atoms with Crippen molar-refractivity contribution >= 4 is 39.7 Å². The summed E-state index contributed by atoms with van der Waals surface area (Å²) in [6.07, 6.45) is 7.38. The molecule has 9 heteroatoms. The molecule has 1 saturated carbocycles. The van der Waals surface area contributed by atoms with Gasteiger partial charge in [-0.1, -0.05) is 31.9 Å². The van der Waals surface area contributed by atoms with Crippen molar-refractivity contribution in [2.45, 2.75) is 70.6 Å². The molecule has 5 heterocycles. The number of hydrogen-bond acceptors (Lipinski definition) is 4. The second kappa shape index (κ2) is 10.8. The van der Waals surface area contributed by atoms with Crippen LogP contribution in [0.2, 0.25) is 5.02 Å². The zero-order valence-corrected chi connectivity index (χ0v) is 26.4. The van der Waals surface area contributed by atoms with Gasteiger partial charge in [0, 0.05) is 33.8 Å². The van der Waals surface area contributed by atoms with Crippen LogP contribution >= 0.6 is 22.9 Å². The Morgan fingerprint density at radius 1 is 1.11 bits per heavy atom. The summed E-state index contributed by atoms with van der Waals surface area (Å²) in [4.78, 5) is 25.4. The van der Waals surface area contributed by atoms with Crippen LogP contribution in [0.4, 0.5) is 4.39 Å². The fourth-order valence-corrected chi connectivity index (χ4v) is 8.35. The minimum atomic E-state index is -0.430. The van der Waals surface area contributed by atoms with Gasteiger partial charge in [-0.25, -0.2) is 9.37 Å². The van der Waals surface area contributed by atoms with Crippen molar-refractivity contribution in [3.05, 3.63) is 81.1 Å². The first-order valence-corrected chi connectivity index (χ1v) is 16.8. The average Bonchev–Trinajstić information content (AvgIpc) is 3.76. The van der Waals surface area contributed by atoms with Crippen LogP contribution in [0.5, 0.6) is 5.75 Å². The molecule has 226 valence electrons. The highest BCUT2D eigenvalue weighted by atomic mass is 35.5. The highest BCUT2D eigenvalue weighted by Gasteiger charge is 2.35. The summed E-state index contributed by atoms with van der Waals surface area (Å²) in [5, 5.41) is 1.58. The maximum absolute atomic E-state index is 16.2. The van der Waals surface area contributed by atoms with E-state index in [-0.39, 0.29) is 17.8 Å². The predicted molar refractivity (Wildman–Crippen MR) is 173 cm³/mol. The van der Waals surface area contributed by atoms with Crippen LogP contribution in [-0.2, 0) is 4.79 Å². The number of nitrogens with one attached hydrogen (secondary N) is 1. The number of ether oxygens (including phenoxy) is 1. The quantitative estimate of drug-likeness (QED) is 0.204. The van der Waals surface area contributed by atoms with Gasteiger partial charge < -0.3 is 14.6 Å². The smallest absolute Gasteiger partial charge is 0.223 e. The molecule has 2 fully saturated rings. The first kappa shape index (κ1) is 27.9. The van der Waals surface area contributed by atoms with E-state index in [0.717, 1.165) is 46.7 Å². The number of fused-ring (bicyclic) bond motifs is 5. The van der Waals surface area contributed by atoms with Gasteiger partial charge in [0.1, 0.15) is 17.4 Å². The second-order valence-corrected chi connectivity index (χ2v) is 14.4. The number of hydrogen-bond donors (Lipinski definition) is 1. The maximum Gasteiger partial charge on any atom is 0.223 e. The number of benzene rings is 2. The minimum Gasteiger partial charge on any atom is -0.464 e. The van der Waals surface area contributed by atoms with Crippen molar-refractivity contribution < 1.29 is 13.9 Å². The van der Waals surface area contributed by atoms with Gasteiger partial charge in [-0.2, -0.15) is 0 Å². The Kier molecular flexibility index (Phi) is 6.83. The molecule has 0 bridgehead atoms. The van der Waals surface area contributed by atoms with Crippen LogP contribution in [-0.4, -0.2) is 31.9 Å². The second-order valence-electron chi connectivity index (χ2n) is 12.8. The van der Waals surface area contributed by atoms with Gasteiger partial charge in [0.25, 0.3) is 0 Å². The first-order chi connectivity index (χ1) is 21.3. The lowest BCUT2D eigenvalue weighted by Crippen LogP contribution is -2.31. The number of carbonyl (C=O) groups excluding carboxylic acids is 1. The third-order valence-electron chi connectivity index (χ3n) is 9.36. The van der Waals surface area contributed by atoms with Crippen LogP contribution in [0.1, 0.15) is 86.1 Å². The Balaban J connectivity index is 1.18. The zero-order chi connectivity index (χ0) is 30.1. The van der Waals surface area contributed by atoms with Gasteiger partial charge in [0.05, 0.1) is 39.6 Å². The van der Waals surface area contributed by atoms with E-state index in [1.54, 1.807) is 23.6 Å². The lowest BCUT2D eigenvalue weighted by Gasteiger charge is -2.30. The molecule has 2 atom stereocenters. The molecule has 6 nitrogen and oxygen atoms in total. The van der Waals surface area contributed by atoms with Crippen molar-refractivity contribution in [2.75, 3.05) is 6.54 Å². The van der Waals surface area contributed by atoms with Gasteiger partial charge in [0.15, 0.2) is 0 Å². The van der Waals surface area contributed by atoms with Crippen LogP contribution in [0.3, 0.4) is 0 Å². The molecular formula is C35H34ClFN4O2S. The van der Waals surface area contributed by atoms with Crippen molar-refractivity contribution in [2.24, 2.45) is 5.92 Å². The van der Waals surface area contributed by atoms with Crippen molar-refractivity contribution in [3.8, 4) is 28.3 Å². The van der Waals surface area contributed by atoms with Gasteiger partial charge in [-0.05, 0) is 86.1 Å². The Labute approximate surface area is 264 Å². The molecule has 1 N–H and O–H groups in total. The monoisotopic (exact) mass is 628 g/mol. The Morgan fingerprint density at radius 2 is 1.95 bits per heavy atom. The predicted octanol–water partition coefficient (Wildman–Crippen LogP) is 9.47. The van der Waals surface area contributed by atoms with Crippen LogP contribution in [0.15, 0.2) is 54.7 Å². The molecule has 3 aliphatic rings. The van der Waals surface area contributed by atoms with Crippen molar-refractivity contribution in [3.63, 3.8) is 0 Å². The van der Waals surface area contributed by atoms with Gasteiger partial charge in [-0.15, -0.1) is 11.3 Å². The number of amides is 1.